The Morgan fingerprint density at radius 2 is 1.47 bits per heavy atom. The molecule has 1 aromatic heterocycles. The lowest BCUT2D eigenvalue weighted by atomic mass is 10.2. The molecule has 1 N–H and O–H groups in total. The first-order chi connectivity index (χ1) is 15.7. The molecule has 1 amide bonds. The zero-order valence-electron chi connectivity index (χ0n) is 17.5. The number of aromatic nitrogens is 1. The van der Waals surface area contributed by atoms with Gasteiger partial charge in [-0.1, -0.05) is 48.5 Å². The predicted octanol–water partition coefficient (Wildman–Crippen LogP) is 5.71. The van der Waals surface area contributed by atoms with Gasteiger partial charge in [-0.2, -0.15) is 0 Å². The van der Waals surface area contributed by atoms with Gasteiger partial charge in [-0.25, -0.2) is 4.98 Å². The second-order valence-corrected chi connectivity index (χ2v) is 6.87. The lowest BCUT2D eigenvalue weighted by Gasteiger charge is -2.13. The predicted molar refractivity (Wildman–Crippen MR) is 122 cm³/mol. The summed E-state index contributed by atoms with van der Waals surface area (Å²) in [6.45, 7) is 0.320. The zero-order chi connectivity index (χ0) is 22.2. The van der Waals surface area contributed by atoms with E-state index in [2.05, 4.69) is 10.3 Å². The summed E-state index contributed by atoms with van der Waals surface area (Å²) in [5.74, 6) is 1.71. The van der Waals surface area contributed by atoms with Crippen LogP contribution in [0.1, 0.15) is 16.1 Å². The summed E-state index contributed by atoms with van der Waals surface area (Å²) in [6, 6.07) is 29.6. The molecule has 6 heteroatoms. The van der Waals surface area contributed by atoms with Gasteiger partial charge < -0.3 is 19.5 Å². The van der Waals surface area contributed by atoms with Crippen LogP contribution in [0.2, 0.25) is 0 Å². The molecule has 0 spiro atoms. The van der Waals surface area contributed by atoms with E-state index in [0.717, 1.165) is 11.3 Å². The number of benzene rings is 3. The van der Waals surface area contributed by atoms with Gasteiger partial charge in [0.05, 0.1) is 7.11 Å². The summed E-state index contributed by atoms with van der Waals surface area (Å²) >= 11 is 0. The quantitative estimate of drug-likeness (QED) is 0.391. The van der Waals surface area contributed by atoms with Crippen LogP contribution in [0.15, 0.2) is 97.1 Å². The monoisotopic (exact) mass is 426 g/mol. The van der Waals surface area contributed by atoms with Crippen molar-refractivity contribution in [3.8, 4) is 23.1 Å². The summed E-state index contributed by atoms with van der Waals surface area (Å²) in [6.07, 6.45) is 0. The number of methoxy groups -OCH3 is 1. The van der Waals surface area contributed by atoms with Crippen molar-refractivity contribution in [1.82, 2.24) is 4.98 Å². The fourth-order valence-electron chi connectivity index (χ4n) is 2.98. The molecule has 0 bridgehead atoms. The number of nitrogens with zero attached hydrogens (tertiary/aromatic N) is 1. The molecule has 6 nitrogen and oxygen atoms in total. The summed E-state index contributed by atoms with van der Waals surface area (Å²) in [5, 5.41) is 2.85. The van der Waals surface area contributed by atoms with E-state index in [1.165, 1.54) is 7.11 Å². The molecule has 1 heterocycles. The molecule has 0 atom stereocenters. The van der Waals surface area contributed by atoms with Gasteiger partial charge in [0.25, 0.3) is 5.91 Å². The normalized spacial score (nSPS) is 10.3. The molecule has 0 radical (unpaired) electrons. The largest absolute Gasteiger partial charge is 0.486 e. The van der Waals surface area contributed by atoms with Crippen molar-refractivity contribution in [2.24, 2.45) is 0 Å². The maximum Gasteiger partial charge on any atom is 0.278 e. The minimum absolute atomic E-state index is 0.143. The molecular formula is C26H22N2O4. The Bertz CT molecular complexity index is 1160. The number of hydrogen-bond donors (Lipinski definition) is 1. The van der Waals surface area contributed by atoms with Gasteiger partial charge in [0.1, 0.15) is 18.1 Å². The van der Waals surface area contributed by atoms with Crippen molar-refractivity contribution in [1.29, 1.82) is 0 Å². The van der Waals surface area contributed by atoms with Gasteiger partial charge in [-0.15, -0.1) is 0 Å². The van der Waals surface area contributed by atoms with Gasteiger partial charge >= 0.3 is 0 Å². The highest BCUT2D eigenvalue weighted by atomic mass is 16.5. The van der Waals surface area contributed by atoms with Crippen LogP contribution in [-0.2, 0) is 6.61 Å². The molecule has 0 unspecified atom stereocenters. The molecule has 4 aromatic rings. The Balaban J connectivity index is 1.47. The smallest absolute Gasteiger partial charge is 0.278 e. The number of anilines is 1. The number of pyridine rings is 1. The highest BCUT2D eigenvalue weighted by Gasteiger charge is 2.17. The van der Waals surface area contributed by atoms with Crippen LogP contribution in [0.4, 0.5) is 5.69 Å². The van der Waals surface area contributed by atoms with Gasteiger partial charge in [-0.05, 0) is 48.0 Å². The van der Waals surface area contributed by atoms with Crippen molar-refractivity contribution in [2.75, 3.05) is 12.4 Å². The Morgan fingerprint density at radius 3 is 2.16 bits per heavy atom. The molecule has 160 valence electrons. The molecule has 0 fully saturated rings. The maximum absolute atomic E-state index is 12.9. The van der Waals surface area contributed by atoms with Crippen molar-refractivity contribution in [3.05, 3.63) is 108 Å². The minimum Gasteiger partial charge on any atom is -0.486 e. The number of rotatable bonds is 8. The lowest BCUT2D eigenvalue weighted by molar-refractivity contribution is 0.101. The van der Waals surface area contributed by atoms with Gasteiger partial charge in [-0.3, -0.25) is 4.79 Å². The summed E-state index contributed by atoms with van der Waals surface area (Å²) < 4.78 is 16.8. The number of ether oxygens (including phenoxy) is 3. The van der Waals surface area contributed by atoms with E-state index in [4.69, 9.17) is 14.2 Å². The van der Waals surface area contributed by atoms with E-state index in [1.54, 1.807) is 36.4 Å². The van der Waals surface area contributed by atoms with Crippen LogP contribution in [0.3, 0.4) is 0 Å². The van der Waals surface area contributed by atoms with E-state index >= 15 is 0 Å². The number of amides is 1. The highest BCUT2D eigenvalue weighted by molar-refractivity contribution is 6.04. The fourth-order valence-corrected chi connectivity index (χ4v) is 2.98. The second-order valence-electron chi connectivity index (χ2n) is 6.87. The fraction of sp³-hybridized carbons (Fsp3) is 0.0769. The lowest BCUT2D eigenvalue weighted by Crippen LogP contribution is -2.16. The standard InChI is InChI=1S/C26H22N2O4/c1-30-24-17-16-23(31-18-19-8-4-2-5-9-19)25(28-24)26(29)27-20-12-14-22(15-13-20)32-21-10-6-3-7-11-21/h2-17H,18H2,1H3,(H,27,29). The number of para-hydroxylation sites is 1. The SMILES string of the molecule is COc1ccc(OCc2ccccc2)c(C(=O)Nc2ccc(Oc3ccccc3)cc2)n1. The van der Waals surface area contributed by atoms with Crippen molar-refractivity contribution >= 4 is 11.6 Å². The van der Waals surface area contributed by atoms with Crippen LogP contribution >= 0.6 is 0 Å². The summed E-state index contributed by atoms with van der Waals surface area (Å²) in [7, 11) is 1.50. The third-order valence-electron chi connectivity index (χ3n) is 4.59. The molecule has 0 aliphatic heterocycles. The van der Waals surface area contributed by atoms with E-state index in [0.29, 0.717) is 29.7 Å². The molecule has 32 heavy (non-hydrogen) atoms. The summed E-state index contributed by atoms with van der Waals surface area (Å²) in [4.78, 5) is 17.2. The molecular weight excluding hydrogens is 404 g/mol. The van der Waals surface area contributed by atoms with Crippen LogP contribution in [0.5, 0.6) is 23.1 Å². The van der Waals surface area contributed by atoms with Crippen molar-refractivity contribution in [2.45, 2.75) is 6.61 Å². The Hall–Kier alpha value is -4.32. The van der Waals surface area contributed by atoms with Crippen molar-refractivity contribution in [3.63, 3.8) is 0 Å². The first kappa shape index (κ1) is 20.9. The topological polar surface area (TPSA) is 69.7 Å². The molecule has 0 aliphatic carbocycles. The highest BCUT2D eigenvalue weighted by Crippen LogP contribution is 2.25. The number of carbonyl (C=O) groups excluding carboxylic acids is 1. The Labute approximate surface area is 186 Å². The number of hydrogen-bond acceptors (Lipinski definition) is 5. The first-order valence-corrected chi connectivity index (χ1v) is 10.1. The van der Waals surface area contributed by atoms with Crippen LogP contribution < -0.4 is 19.5 Å². The third kappa shape index (κ3) is 5.43. The molecule has 0 saturated carbocycles. The Kier molecular flexibility index (Phi) is 6.63. The van der Waals surface area contributed by atoms with Crippen molar-refractivity contribution < 1.29 is 19.0 Å². The van der Waals surface area contributed by atoms with Crippen LogP contribution in [0, 0.1) is 0 Å². The maximum atomic E-state index is 12.9. The van der Waals surface area contributed by atoms with E-state index in [-0.39, 0.29) is 5.69 Å². The third-order valence-corrected chi connectivity index (χ3v) is 4.59. The summed E-state index contributed by atoms with van der Waals surface area (Å²) in [5.41, 5.74) is 1.74. The van der Waals surface area contributed by atoms with Gasteiger partial charge in [0.15, 0.2) is 11.4 Å². The number of nitrogens with one attached hydrogen (secondary N) is 1. The van der Waals surface area contributed by atoms with Gasteiger partial charge in [0.2, 0.25) is 5.88 Å². The first-order valence-electron chi connectivity index (χ1n) is 10.1. The van der Waals surface area contributed by atoms with Crippen LogP contribution in [0.25, 0.3) is 0 Å². The second kappa shape index (κ2) is 10.1. The van der Waals surface area contributed by atoms with E-state index in [9.17, 15) is 4.79 Å². The molecule has 3 aromatic carbocycles. The molecule has 4 rings (SSSR count). The Morgan fingerprint density at radius 1 is 0.812 bits per heavy atom. The van der Waals surface area contributed by atoms with Crippen LogP contribution in [-0.4, -0.2) is 18.0 Å². The van der Waals surface area contributed by atoms with E-state index in [1.807, 2.05) is 60.7 Å². The van der Waals surface area contributed by atoms with E-state index < -0.39 is 5.91 Å². The number of carbonyl (C=O) groups is 1. The zero-order valence-corrected chi connectivity index (χ0v) is 17.5. The molecule has 0 aliphatic rings. The van der Waals surface area contributed by atoms with Gasteiger partial charge in [0, 0.05) is 11.8 Å². The molecule has 0 saturated heterocycles. The minimum atomic E-state index is -0.399. The average molecular weight is 426 g/mol. The average Bonchev–Trinajstić information content (AvgIpc) is 2.85.